The van der Waals surface area contributed by atoms with Crippen LogP contribution in [0.15, 0.2) is 54.6 Å². The van der Waals surface area contributed by atoms with Gasteiger partial charge >= 0.3 is 0 Å². The number of nitrogens with zero attached hydrogens (tertiary/aromatic N) is 1. The molecule has 2 heterocycles. The molecule has 6 nitrogen and oxygen atoms in total. The Kier molecular flexibility index (Phi) is 5.78. The summed E-state index contributed by atoms with van der Waals surface area (Å²) in [6.07, 6.45) is 1.94. The normalized spacial score (nSPS) is 18.2. The van der Waals surface area contributed by atoms with Gasteiger partial charge in [0, 0.05) is 38.9 Å². The van der Waals surface area contributed by atoms with E-state index in [9.17, 15) is 4.79 Å². The lowest BCUT2D eigenvalue weighted by molar-refractivity contribution is -0.187. The summed E-state index contributed by atoms with van der Waals surface area (Å²) in [5.74, 6) is 1.24. The minimum absolute atomic E-state index is 0.154. The molecule has 0 aromatic heterocycles. The number of benzene rings is 2. The molecule has 2 aromatic rings. The average Bonchev–Trinajstić information content (AvgIpc) is 3.18. The minimum atomic E-state index is -0.442. The van der Waals surface area contributed by atoms with Crippen LogP contribution in [0.4, 0.5) is 5.69 Å². The van der Waals surface area contributed by atoms with E-state index in [1.807, 2.05) is 59.5 Å². The van der Waals surface area contributed by atoms with Gasteiger partial charge in [-0.15, -0.1) is 0 Å². The van der Waals surface area contributed by atoms with Crippen LogP contribution >= 0.6 is 0 Å². The van der Waals surface area contributed by atoms with E-state index in [0.717, 1.165) is 30.0 Å². The summed E-state index contributed by atoms with van der Waals surface area (Å²) >= 11 is 0. The monoisotopic (exact) mass is 382 g/mol. The fraction of sp³-hybridized carbons (Fsp3) is 0.409. The van der Waals surface area contributed by atoms with Crippen LogP contribution in [0.25, 0.3) is 0 Å². The maximum atomic E-state index is 12.5. The van der Waals surface area contributed by atoms with E-state index in [1.165, 1.54) is 0 Å². The van der Waals surface area contributed by atoms with Gasteiger partial charge in [-0.1, -0.05) is 30.3 Å². The van der Waals surface area contributed by atoms with E-state index in [0.29, 0.717) is 39.3 Å². The number of piperidine rings is 1. The molecule has 1 amide bonds. The number of para-hydroxylation sites is 3. The smallest absolute Gasteiger partial charge is 0.224 e. The fourth-order valence-electron chi connectivity index (χ4n) is 3.66. The van der Waals surface area contributed by atoms with Crippen LogP contribution in [-0.2, 0) is 14.3 Å². The lowest BCUT2D eigenvalue weighted by Gasteiger charge is -2.37. The molecule has 1 spiro atoms. The molecular formula is C22H26N2O4. The maximum absolute atomic E-state index is 12.5. The van der Waals surface area contributed by atoms with E-state index in [1.54, 1.807) is 0 Å². The lowest BCUT2D eigenvalue weighted by atomic mass is 10.0. The second-order valence-corrected chi connectivity index (χ2v) is 7.08. The van der Waals surface area contributed by atoms with Crippen molar-refractivity contribution < 1.29 is 19.0 Å². The highest BCUT2D eigenvalue weighted by Crippen LogP contribution is 2.32. The van der Waals surface area contributed by atoms with E-state index in [-0.39, 0.29) is 5.91 Å². The summed E-state index contributed by atoms with van der Waals surface area (Å²) < 4.78 is 17.4. The number of anilines is 1. The van der Waals surface area contributed by atoms with Gasteiger partial charge in [-0.05, 0) is 24.3 Å². The number of hydrogen-bond donors (Lipinski definition) is 1. The van der Waals surface area contributed by atoms with E-state index in [4.69, 9.17) is 14.2 Å². The Morgan fingerprint density at radius 1 is 1.00 bits per heavy atom. The Morgan fingerprint density at radius 2 is 1.68 bits per heavy atom. The van der Waals surface area contributed by atoms with Crippen LogP contribution < -0.4 is 10.1 Å². The minimum Gasteiger partial charge on any atom is -0.455 e. The van der Waals surface area contributed by atoms with Crippen LogP contribution in [0.3, 0.4) is 0 Å². The number of carbonyl (C=O) groups excluding carboxylic acids is 1. The van der Waals surface area contributed by atoms with Crippen molar-refractivity contribution in [2.75, 3.05) is 38.2 Å². The second-order valence-electron chi connectivity index (χ2n) is 7.08. The van der Waals surface area contributed by atoms with Gasteiger partial charge in [-0.25, -0.2) is 0 Å². The van der Waals surface area contributed by atoms with Crippen molar-refractivity contribution in [2.24, 2.45) is 0 Å². The molecule has 0 bridgehead atoms. The van der Waals surface area contributed by atoms with Gasteiger partial charge in [0.05, 0.1) is 18.9 Å². The fourth-order valence-corrected chi connectivity index (χ4v) is 3.66. The molecular weight excluding hydrogens is 356 g/mol. The number of likely N-dealkylation sites (tertiary alicyclic amines) is 1. The quantitative estimate of drug-likeness (QED) is 0.826. The van der Waals surface area contributed by atoms with Crippen molar-refractivity contribution in [1.29, 1.82) is 0 Å². The molecule has 6 heteroatoms. The topological polar surface area (TPSA) is 60.0 Å². The summed E-state index contributed by atoms with van der Waals surface area (Å²) in [6.45, 7) is 3.24. The molecule has 2 aromatic carbocycles. The molecule has 0 radical (unpaired) electrons. The zero-order valence-corrected chi connectivity index (χ0v) is 15.9. The van der Waals surface area contributed by atoms with E-state index < -0.39 is 5.79 Å². The summed E-state index contributed by atoms with van der Waals surface area (Å²) in [7, 11) is 0. The maximum Gasteiger partial charge on any atom is 0.224 e. The first-order chi connectivity index (χ1) is 13.7. The zero-order valence-electron chi connectivity index (χ0n) is 15.9. The Morgan fingerprint density at radius 3 is 2.43 bits per heavy atom. The highest BCUT2D eigenvalue weighted by atomic mass is 16.7. The van der Waals surface area contributed by atoms with Gasteiger partial charge in [0.15, 0.2) is 11.5 Å². The molecule has 2 aliphatic heterocycles. The van der Waals surface area contributed by atoms with Crippen LogP contribution in [0.2, 0.25) is 0 Å². The van der Waals surface area contributed by atoms with Crippen molar-refractivity contribution in [3.63, 3.8) is 0 Å². The van der Waals surface area contributed by atoms with E-state index in [2.05, 4.69) is 5.32 Å². The first kappa shape index (κ1) is 18.8. The third kappa shape index (κ3) is 4.46. The molecule has 28 heavy (non-hydrogen) atoms. The first-order valence-electron chi connectivity index (χ1n) is 9.86. The van der Waals surface area contributed by atoms with Crippen LogP contribution in [0.1, 0.15) is 19.3 Å². The number of hydrogen-bond acceptors (Lipinski definition) is 5. The Hall–Kier alpha value is -2.57. The van der Waals surface area contributed by atoms with Crippen LogP contribution in [0.5, 0.6) is 11.5 Å². The molecule has 2 saturated heterocycles. The molecule has 0 unspecified atom stereocenters. The summed E-state index contributed by atoms with van der Waals surface area (Å²) in [4.78, 5) is 14.4. The number of ether oxygens (including phenoxy) is 3. The number of rotatable bonds is 6. The molecule has 0 saturated carbocycles. The molecule has 4 rings (SSSR count). The average molecular weight is 382 g/mol. The van der Waals surface area contributed by atoms with Crippen molar-refractivity contribution in [1.82, 2.24) is 4.90 Å². The van der Waals surface area contributed by atoms with Crippen molar-refractivity contribution in [2.45, 2.75) is 25.0 Å². The first-order valence-corrected chi connectivity index (χ1v) is 9.86. The lowest BCUT2D eigenvalue weighted by Crippen LogP contribution is -2.47. The van der Waals surface area contributed by atoms with Crippen molar-refractivity contribution in [3.8, 4) is 11.5 Å². The predicted molar refractivity (Wildman–Crippen MR) is 107 cm³/mol. The van der Waals surface area contributed by atoms with Gasteiger partial charge < -0.3 is 24.4 Å². The van der Waals surface area contributed by atoms with Crippen molar-refractivity contribution >= 4 is 11.6 Å². The number of carbonyl (C=O) groups is 1. The number of amides is 1. The molecule has 148 valence electrons. The SMILES string of the molecule is O=C(CCNc1ccccc1Oc1ccccc1)N1CCC2(CC1)OCCO2. The Bertz CT molecular complexity index is 780. The van der Waals surface area contributed by atoms with Gasteiger partial charge in [0.25, 0.3) is 0 Å². The van der Waals surface area contributed by atoms with Gasteiger partial charge in [0.2, 0.25) is 5.91 Å². The third-order valence-corrected chi connectivity index (χ3v) is 5.20. The molecule has 2 aliphatic rings. The Labute approximate surface area is 165 Å². The summed E-state index contributed by atoms with van der Waals surface area (Å²) in [5.41, 5.74) is 0.879. The van der Waals surface area contributed by atoms with Crippen molar-refractivity contribution in [3.05, 3.63) is 54.6 Å². The molecule has 0 atom stereocenters. The second kappa shape index (κ2) is 8.63. The predicted octanol–water partition coefficient (Wildman–Crippen LogP) is 3.65. The van der Waals surface area contributed by atoms with Gasteiger partial charge in [0.1, 0.15) is 5.75 Å². The zero-order chi connectivity index (χ0) is 19.2. The van der Waals surface area contributed by atoms with Gasteiger partial charge in [-0.3, -0.25) is 4.79 Å². The largest absolute Gasteiger partial charge is 0.455 e. The third-order valence-electron chi connectivity index (χ3n) is 5.20. The van der Waals surface area contributed by atoms with Gasteiger partial charge in [-0.2, -0.15) is 0 Å². The molecule has 1 N–H and O–H groups in total. The summed E-state index contributed by atoms with van der Waals surface area (Å²) in [5, 5.41) is 3.33. The van der Waals surface area contributed by atoms with Crippen LogP contribution in [-0.4, -0.2) is 49.4 Å². The molecule has 2 fully saturated rings. The highest BCUT2D eigenvalue weighted by molar-refractivity contribution is 5.77. The van der Waals surface area contributed by atoms with E-state index >= 15 is 0 Å². The molecule has 0 aliphatic carbocycles. The summed E-state index contributed by atoms with van der Waals surface area (Å²) in [6, 6.07) is 17.4. The number of nitrogens with one attached hydrogen (secondary N) is 1. The Balaban J connectivity index is 1.27. The standard InChI is InChI=1S/C22H26N2O4/c25-21(24-14-11-22(12-15-24)26-16-17-27-22)10-13-23-19-8-4-5-9-20(19)28-18-6-2-1-3-7-18/h1-9,23H,10-17H2. The van der Waals surface area contributed by atoms with Crippen LogP contribution in [0, 0.1) is 0 Å². The highest BCUT2D eigenvalue weighted by Gasteiger charge is 2.40.